The number of amides is 1. The summed E-state index contributed by atoms with van der Waals surface area (Å²) in [6.07, 6.45) is 0.235. The van der Waals surface area contributed by atoms with Crippen molar-refractivity contribution in [1.29, 1.82) is 0 Å². The van der Waals surface area contributed by atoms with Gasteiger partial charge in [0, 0.05) is 19.1 Å². The molecule has 0 aliphatic carbocycles. The number of sulfonamides is 1. The van der Waals surface area contributed by atoms with E-state index in [-0.39, 0.29) is 17.9 Å². The zero-order valence-electron chi connectivity index (χ0n) is 11.4. The number of nitrogens with one attached hydrogen (secondary N) is 1. The summed E-state index contributed by atoms with van der Waals surface area (Å²) in [5.41, 5.74) is -0.530. The summed E-state index contributed by atoms with van der Waals surface area (Å²) in [6.45, 7) is 7.89. The molecule has 1 heterocycles. The number of carbonyl (C=O) groups excluding carboxylic acids is 1. The Morgan fingerprint density at radius 2 is 2.06 bits per heavy atom. The fraction of sp³-hybridized carbons (Fsp3) is 0.909. The molecule has 0 radical (unpaired) electrons. The lowest BCUT2D eigenvalue weighted by Crippen LogP contribution is -2.40. The maximum absolute atomic E-state index is 11.8. The molecule has 1 amide bonds. The highest BCUT2D eigenvalue weighted by atomic mass is 32.2. The van der Waals surface area contributed by atoms with E-state index >= 15 is 0 Å². The van der Waals surface area contributed by atoms with Crippen LogP contribution in [0.15, 0.2) is 0 Å². The second kappa shape index (κ2) is 5.44. The number of ether oxygens (including phenoxy) is 1. The van der Waals surface area contributed by atoms with Crippen LogP contribution in [-0.4, -0.2) is 49.9 Å². The van der Waals surface area contributed by atoms with Gasteiger partial charge in [0.2, 0.25) is 10.0 Å². The predicted molar refractivity (Wildman–Crippen MR) is 68.8 cm³/mol. The van der Waals surface area contributed by atoms with E-state index in [1.165, 1.54) is 4.90 Å². The van der Waals surface area contributed by atoms with E-state index in [1.54, 1.807) is 27.7 Å². The van der Waals surface area contributed by atoms with Gasteiger partial charge in [-0.05, 0) is 34.1 Å². The van der Waals surface area contributed by atoms with Crippen molar-refractivity contribution < 1.29 is 17.9 Å². The van der Waals surface area contributed by atoms with E-state index in [0.717, 1.165) is 0 Å². The first-order valence-corrected chi connectivity index (χ1v) is 7.76. The lowest BCUT2D eigenvalue weighted by Gasteiger charge is -2.24. The number of rotatable bonds is 3. The number of carbonyl (C=O) groups is 1. The van der Waals surface area contributed by atoms with Gasteiger partial charge >= 0.3 is 6.09 Å². The van der Waals surface area contributed by atoms with Gasteiger partial charge in [0.15, 0.2) is 0 Å². The molecule has 1 N–H and O–H groups in total. The Morgan fingerprint density at radius 3 is 2.56 bits per heavy atom. The maximum Gasteiger partial charge on any atom is 0.410 e. The Kier molecular flexibility index (Phi) is 4.61. The van der Waals surface area contributed by atoms with Crippen molar-refractivity contribution in [3.05, 3.63) is 0 Å². The lowest BCUT2D eigenvalue weighted by molar-refractivity contribution is 0.0292. The molecular weight excluding hydrogens is 256 g/mol. The number of nitrogens with zero attached hydrogens (tertiary/aromatic N) is 1. The fourth-order valence-corrected chi connectivity index (χ4v) is 2.55. The van der Waals surface area contributed by atoms with E-state index in [4.69, 9.17) is 4.74 Å². The van der Waals surface area contributed by atoms with E-state index in [9.17, 15) is 13.2 Å². The van der Waals surface area contributed by atoms with Gasteiger partial charge < -0.3 is 9.64 Å². The molecule has 1 unspecified atom stereocenters. The molecule has 1 fully saturated rings. The molecule has 0 spiro atoms. The summed E-state index contributed by atoms with van der Waals surface area (Å²) in [4.78, 5) is 13.3. The highest BCUT2D eigenvalue weighted by molar-refractivity contribution is 7.89. The van der Waals surface area contributed by atoms with Gasteiger partial charge in [0.05, 0.1) is 5.75 Å². The summed E-state index contributed by atoms with van der Waals surface area (Å²) in [7, 11) is -3.22. The van der Waals surface area contributed by atoms with Crippen molar-refractivity contribution in [2.45, 2.75) is 45.8 Å². The van der Waals surface area contributed by atoms with Crippen LogP contribution in [0.1, 0.15) is 34.1 Å². The van der Waals surface area contributed by atoms with Crippen LogP contribution in [0.2, 0.25) is 0 Å². The molecule has 1 rings (SSSR count). The zero-order chi connectivity index (χ0) is 14.0. The van der Waals surface area contributed by atoms with E-state index in [2.05, 4.69) is 4.72 Å². The van der Waals surface area contributed by atoms with Crippen LogP contribution >= 0.6 is 0 Å². The standard InChI is InChI=1S/C11H22N2O4S/c1-5-18(15,16)12-9-6-7-13(8-9)10(14)17-11(2,3)4/h9,12H,5-8H2,1-4H3. The Balaban J connectivity index is 2.49. The Labute approximate surface area is 109 Å². The summed E-state index contributed by atoms with van der Waals surface area (Å²) < 4.78 is 30.6. The third-order valence-electron chi connectivity index (χ3n) is 2.57. The maximum atomic E-state index is 11.8. The minimum atomic E-state index is -3.22. The van der Waals surface area contributed by atoms with Crippen molar-refractivity contribution in [1.82, 2.24) is 9.62 Å². The van der Waals surface area contributed by atoms with Crippen LogP contribution in [0, 0.1) is 0 Å². The molecule has 1 aliphatic rings. The number of likely N-dealkylation sites (tertiary alicyclic amines) is 1. The first-order valence-electron chi connectivity index (χ1n) is 6.11. The third kappa shape index (κ3) is 4.81. The molecule has 1 aliphatic heterocycles. The van der Waals surface area contributed by atoms with Crippen LogP contribution < -0.4 is 4.72 Å². The quantitative estimate of drug-likeness (QED) is 0.833. The molecule has 0 aromatic carbocycles. The van der Waals surface area contributed by atoms with Gasteiger partial charge in [-0.15, -0.1) is 0 Å². The van der Waals surface area contributed by atoms with Gasteiger partial charge in [0.1, 0.15) is 5.60 Å². The first-order chi connectivity index (χ1) is 8.13. The van der Waals surface area contributed by atoms with Crippen molar-refractivity contribution in [3.63, 3.8) is 0 Å². The summed E-state index contributed by atoms with van der Waals surface area (Å²) in [5.74, 6) is 0.0515. The van der Waals surface area contributed by atoms with Crippen molar-refractivity contribution in [3.8, 4) is 0 Å². The molecule has 0 aromatic rings. The third-order valence-corrected chi connectivity index (χ3v) is 4.02. The SMILES string of the molecule is CCS(=O)(=O)NC1CCN(C(=O)OC(C)(C)C)C1. The minimum Gasteiger partial charge on any atom is -0.444 e. The second-order valence-corrected chi connectivity index (χ2v) is 7.48. The Hall–Kier alpha value is -0.820. The molecule has 6 nitrogen and oxygen atoms in total. The molecular formula is C11H22N2O4S. The monoisotopic (exact) mass is 278 g/mol. The van der Waals surface area contributed by atoms with E-state index < -0.39 is 15.6 Å². The highest BCUT2D eigenvalue weighted by Gasteiger charge is 2.31. The number of hydrogen-bond donors (Lipinski definition) is 1. The van der Waals surface area contributed by atoms with Gasteiger partial charge in [-0.3, -0.25) is 0 Å². The van der Waals surface area contributed by atoms with E-state index in [0.29, 0.717) is 19.5 Å². The molecule has 18 heavy (non-hydrogen) atoms. The smallest absolute Gasteiger partial charge is 0.410 e. The zero-order valence-corrected chi connectivity index (χ0v) is 12.2. The summed E-state index contributed by atoms with van der Waals surface area (Å²) in [5, 5.41) is 0. The van der Waals surface area contributed by atoms with Crippen LogP contribution in [0.4, 0.5) is 4.79 Å². The van der Waals surface area contributed by atoms with Crippen LogP contribution in [0.3, 0.4) is 0 Å². The average molecular weight is 278 g/mol. The van der Waals surface area contributed by atoms with Crippen molar-refractivity contribution in [2.75, 3.05) is 18.8 Å². The fourth-order valence-electron chi connectivity index (χ4n) is 1.69. The Morgan fingerprint density at radius 1 is 1.44 bits per heavy atom. The van der Waals surface area contributed by atoms with Crippen molar-refractivity contribution >= 4 is 16.1 Å². The van der Waals surface area contributed by atoms with Gasteiger partial charge in [0.25, 0.3) is 0 Å². The normalized spacial score (nSPS) is 21.1. The second-order valence-electron chi connectivity index (χ2n) is 5.43. The first kappa shape index (κ1) is 15.2. The molecule has 1 saturated heterocycles. The average Bonchev–Trinajstić information content (AvgIpc) is 2.63. The van der Waals surface area contributed by atoms with Crippen molar-refractivity contribution in [2.24, 2.45) is 0 Å². The van der Waals surface area contributed by atoms with Gasteiger partial charge in [-0.2, -0.15) is 0 Å². The highest BCUT2D eigenvalue weighted by Crippen LogP contribution is 2.15. The van der Waals surface area contributed by atoms with Gasteiger partial charge in [-0.25, -0.2) is 17.9 Å². The van der Waals surface area contributed by atoms with Crippen LogP contribution in [-0.2, 0) is 14.8 Å². The largest absolute Gasteiger partial charge is 0.444 e. The predicted octanol–water partition coefficient (Wildman–Crippen LogP) is 0.935. The van der Waals surface area contributed by atoms with Crippen LogP contribution in [0.25, 0.3) is 0 Å². The minimum absolute atomic E-state index is 0.0515. The lowest BCUT2D eigenvalue weighted by atomic mass is 10.2. The summed E-state index contributed by atoms with van der Waals surface area (Å²) in [6, 6.07) is -0.206. The molecule has 7 heteroatoms. The van der Waals surface area contributed by atoms with E-state index in [1.807, 2.05) is 0 Å². The molecule has 0 aromatic heterocycles. The molecule has 0 saturated carbocycles. The number of hydrogen-bond acceptors (Lipinski definition) is 4. The molecule has 106 valence electrons. The molecule has 0 bridgehead atoms. The topological polar surface area (TPSA) is 75.7 Å². The van der Waals surface area contributed by atoms with Gasteiger partial charge in [-0.1, -0.05) is 0 Å². The Bertz CT molecular complexity index is 400. The van der Waals surface area contributed by atoms with Crippen LogP contribution in [0.5, 0.6) is 0 Å². The summed E-state index contributed by atoms with van der Waals surface area (Å²) >= 11 is 0. The molecule has 1 atom stereocenters.